The molecule has 3 aromatic carbocycles. The monoisotopic (exact) mass is 482 g/mol. The maximum atomic E-state index is 12.5. The second-order valence-corrected chi connectivity index (χ2v) is 8.83. The van der Waals surface area contributed by atoms with Crippen LogP contribution in [-0.2, 0) is 23.5 Å². The minimum Gasteiger partial charge on any atom is -0.348 e. The van der Waals surface area contributed by atoms with Crippen molar-refractivity contribution in [1.82, 2.24) is 20.1 Å². The van der Waals surface area contributed by atoms with Gasteiger partial charge in [-0.3, -0.25) is 9.36 Å². The van der Waals surface area contributed by atoms with E-state index in [-0.39, 0.29) is 12.5 Å². The zero-order valence-electron chi connectivity index (χ0n) is 17.0. The fraction of sp³-hybridized carbons (Fsp3) is 0.125. The second kappa shape index (κ2) is 10.7. The Morgan fingerprint density at radius 2 is 1.59 bits per heavy atom. The normalized spacial score (nSPS) is 10.8. The smallest absolute Gasteiger partial charge is 0.224 e. The van der Waals surface area contributed by atoms with Crippen LogP contribution in [0.1, 0.15) is 17.0 Å². The molecule has 0 radical (unpaired) electrons. The summed E-state index contributed by atoms with van der Waals surface area (Å²) in [5.74, 6) is 1.20. The molecule has 0 unspecified atom stereocenters. The summed E-state index contributed by atoms with van der Waals surface area (Å²) in [4.78, 5) is 12.5. The summed E-state index contributed by atoms with van der Waals surface area (Å²) >= 11 is 14.3. The Kier molecular flexibility index (Phi) is 7.47. The number of nitrogens with zero attached hydrogens (tertiary/aromatic N) is 3. The first-order valence-corrected chi connectivity index (χ1v) is 11.7. The van der Waals surface area contributed by atoms with Gasteiger partial charge in [0.2, 0.25) is 5.91 Å². The largest absolute Gasteiger partial charge is 0.348 e. The van der Waals surface area contributed by atoms with E-state index in [4.69, 9.17) is 23.2 Å². The number of halogens is 2. The molecule has 162 valence electrons. The molecule has 4 rings (SSSR count). The maximum Gasteiger partial charge on any atom is 0.224 e. The number of hydrogen-bond donors (Lipinski definition) is 1. The first-order chi connectivity index (χ1) is 15.6. The van der Waals surface area contributed by atoms with Crippen LogP contribution in [0.2, 0.25) is 10.0 Å². The molecule has 0 saturated carbocycles. The predicted molar refractivity (Wildman–Crippen MR) is 129 cm³/mol. The van der Waals surface area contributed by atoms with Crippen LogP contribution < -0.4 is 5.32 Å². The van der Waals surface area contributed by atoms with Crippen LogP contribution in [0.5, 0.6) is 0 Å². The van der Waals surface area contributed by atoms with Crippen molar-refractivity contribution in [3.8, 4) is 5.69 Å². The quantitative estimate of drug-likeness (QED) is 0.326. The van der Waals surface area contributed by atoms with Gasteiger partial charge < -0.3 is 5.32 Å². The van der Waals surface area contributed by atoms with Crippen LogP contribution in [0.3, 0.4) is 0 Å². The molecule has 0 bridgehead atoms. The first kappa shape index (κ1) is 22.4. The van der Waals surface area contributed by atoms with E-state index >= 15 is 0 Å². The summed E-state index contributed by atoms with van der Waals surface area (Å²) in [6.45, 7) is 0.216. The van der Waals surface area contributed by atoms with Crippen LogP contribution in [0, 0.1) is 0 Å². The number of carbonyl (C=O) groups is 1. The number of amides is 1. The molecule has 0 aliphatic heterocycles. The van der Waals surface area contributed by atoms with Gasteiger partial charge in [0.25, 0.3) is 0 Å². The van der Waals surface area contributed by atoms with Crippen molar-refractivity contribution in [3.05, 3.63) is 106 Å². The van der Waals surface area contributed by atoms with Gasteiger partial charge in [0.15, 0.2) is 11.0 Å². The Morgan fingerprint density at radius 1 is 0.906 bits per heavy atom. The fourth-order valence-corrected chi connectivity index (χ4v) is 4.44. The van der Waals surface area contributed by atoms with Gasteiger partial charge in [-0.25, -0.2) is 0 Å². The van der Waals surface area contributed by atoms with Crippen molar-refractivity contribution in [1.29, 1.82) is 0 Å². The van der Waals surface area contributed by atoms with Crippen molar-refractivity contribution in [2.75, 3.05) is 0 Å². The summed E-state index contributed by atoms with van der Waals surface area (Å²) in [6.07, 6.45) is 0.294. The molecule has 0 saturated heterocycles. The van der Waals surface area contributed by atoms with E-state index in [1.54, 1.807) is 30.0 Å². The zero-order chi connectivity index (χ0) is 22.3. The van der Waals surface area contributed by atoms with Crippen LogP contribution in [0.25, 0.3) is 5.69 Å². The van der Waals surface area contributed by atoms with Crippen molar-refractivity contribution >= 4 is 40.9 Å². The predicted octanol–water partition coefficient (Wildman–Crippen LogP) is 5.73. The Bertz CT molecular complexity index is 1200. The molecule has 1 N–H and O–H groups in total. The van der Waals surface area contributed by atoms with E-state index in [2.05, 4.69) is 27.6 Å². The number of benzene rings is 3. The molecule has 32 heavy (non-hydrogen) atoms. The third-order valence-electron chi connectivity index (χ3n) is 4.71. The van der Waals surface area contributed by atoms with Crippen molar-refractivity contribution in [2.24, 2.45) is 0 Å². The molecule has 1 amide bonds. The van der Waals surface area contributed by atoms with Gasteiger partial charge in [-0.2, -0.15) is 0 Å². The highest BCUT2D eigenvalue weighted by molar-refractivity contribution is 7.98. The third kappa shape index (κ3) is 5.71. The summed E-state index contributed by atoms with van der Waals surface area (Å²) in [6, 6.07) is 24.9. The summed E-state index contributed by atoms with van der Waals surface area (Å²) < 4.78 is 1.85. The fourth-order valence-electron chi connectivity index (χ4n) is 3.15. The Labute approximate surface area is 200 Å². The lowest BCUT2D eigenvalue weighted by Crippen LogP contribution is -2.26. The Morgan fingerprint density at radius 3 is 2.31 bits per heavy atom. The van der Waals surface area contributed by atoms with Crippen molar-refractivity contribution in [3.63, 3.8) is 0 Å². The average molecular weight is 483 g/mol. The van der Waals surface area contributed by atoms with Crippen LogP contribution in [-0.4, -0.2) is 20.7 Å². The minimum atomic E-state index is -0.0959. The van der Waals surface area contributed by atoms with Crippen molar-refractivity contribution < 1.29 is 4.79 Å². The van der Waals surface area contributed by atoms with E-state index in [1.807, 2.05) is 53.1 Å². The standard InChI is InChI=1S/C24H20Cl2N4OS/c25-19-11-12-20(26)21(14-19)30-22(15-27-23(31)13-17-7-3-1-4-8-17)28-29-24(30)32-16-18-9-5-2-6-10-18/h1-12,14H,13,15-16H2,(H,27,31). The van der Waals surface area contributed by atoms with E-state index in [0.717, 1.165) is 11.3 Å². The van der Waals surface area contributed by atoms with Gasteiger partial charge in [-0.15, -0.1) is 10.2 Å². The molecule has 0 aliphatic carbocycles. The molecule has 4 aromatic rings. The lowest BCUT2D eigenvalue weighted by molar-refractivity contribution is -0.120. The number of thioether (sulfide) groups is 1. The summed E-state index contributed by atoms with van der Waals surface area (Å²) in [7, 11) is 0. The van der Waals surface area contributed by atoms with E-state index < -0.39 is 0 Å². The molecular formula is C24H20Cl2N4OS. The van der Waals surface area contributed by atoms with Gasteiger partial charge in [0, 0.05) is 10.8 Å². The SMILES string of the molecule is O=C(Cc1ccccc1)NCc1nnc(SCc2ccccc2)n1-c1cc(Cl)ccc1Cl. The van der Waals surface area contributed by atoms with Gasteiger partial charge in [0.05, 0.1) is 23.7 Å². The van der Waals surface area contributed by atoms with E-state index in [9.17, 15) is 4.79 Å². The number of carbonyl (C=O) groups excluding carboxylic acids is 1. The van der Waals surface area contributed by atoms with Crippen LogP contribution in [0.4, 0.5) is 0 Å². The minimum absolute atomic E-state index is 0.0959. The van der Waals surface area contributed by atoms with Gasteiger partial charge >= 0.3 is 0 Å². The Hall–Kier alpha value is -2.80. The van der Waals surface area contributed by atoms with Gasteiger partial charge in [0.1, 0.15) is 0 Å². The molecule has 0 fully saturated rings. The summed E-state index contributed by atoms with van der Waals surface area (Å²) in [5, 5.41) is 13.4. The number of nitrogens with one attached hydrogen (secondary N) is 1. The van der Waals surface area contributed by atoms with E-state index in [1.165, 1.54) is 5.56 Å². The molecule has 0 aliphatic rings. The van der Waals surface area contributed by atoms with E-state index in [0.29, 0.717) is 33.1 Å². The number of aromatic nitrogens is 3. The lowest BCUT2D eigenvalue weighted by Gasteiger charge is -2.13. The molecule has 1 heterocycles. The highest BCUT2D eigenvalue weighted by Gasteiger charge is 2.18. The molecular weight excluding hydrogens is 463 g/mol. The Balaban J connectivity index is 1.56. The van der Waals surface area contributed by atoms with Gasteiger partial charge in [-0.1, -0.05) is 95.6 Å². The molecule has 0 atom stereocenters. The second-order valence-electron chi connectivity index (χ2n) is 7.04. The van der Waals surface area contributed by atoms with Crippen LogP contribution >= 0.6 is 35.0 Å². The topological polar surface area (TPSA) is 59.8 Å². The van der Waals surface area contributed by atoms with Gasteiger partial charge in [-0.05, 0) is 29.3 Å². The molecule has 5 nitrogen and oxygen atoms in total. The molecule has 1 aromatic heterocycles. The molecule has 0 spiro atoms. The highest BCUT2D eigenvalue weighted by atomic mass is 35.5. The highest BCUT2D eigenvalue weighted by Crippen LogP contribution is 2.30. The number of hydrogen-bond acceptors (Lipinski definition) is 4. The first-order valence-electron chi connectivity index (χ1n) is 9.97. The average Bonchev–Trinajstić information content (AvgIpc) is 3.22. The zero-order valence-corrected chi connectivity index (χ0v) is 19.4. The van der Waals surface area contributed by atoms with Crippen molar-refractivity contribution in [2.45, 2.75) is 23.9 Å². The summed E-state index contributed by atoms with van der Waals surface area (Å²) in [5.41, 5.74) is 2.79. The lowest BCUT2D eigenvalue weighted by atomic mass is 10.1. The third-order valence-corrected chi connectivity index (χ3v) is 6.27. The molecule has 8 heteroatoms. The number of rotatable bonds is 8. The van der Waals surface area contributed by atoms with Crippen LogP contribution in [0.15, 0.2) is 84.0 Å². The maximum absolute atomic E-state index is 12.5.